The highest BCUT2D eigenvalue weighted by Gasteiger charge is 2.30. The van der Waals surface area contributed by atoms with Crippen molar-refractivity contribution in [1.29, 1.82) is 0 Å². The van der Waals surface area contributed by atoms with Crippen LogP contribution in [0.15, 0.2) is 59.5 Å². The summed E-state index contributed by atoms with van der Waals surface area (Å²) in [5.41, 5.74) is -0.919. The van der Waals surface area contributed by atoms with Crippen LogP contribution in [0, 0.1) is 0 Å². The van der Waals surface area contributed by atoms with Gasteiger partial charge in [-0.2, -0.15) is 13.2 Å². The molecule has 0 aliphatic rings. The Balaban J connectivity index is 2.04. The molecule has 0 aliphatic carbocycles. The summed E-state index contributed by atoms with van der Waals surface area (Å²) in [4.78, 5) is 24.8. The van der Waals surface area contributed by atoms with E-state index in [9.17, 15) is 27.0 Å². The number of halogens is 3. The zero-order valence-corrected chi connectivity index (χ0v) is 15.7. The number of ether oxygens (including phenoxy) is 1. The van der Waals surface area contributed by atoms with Crippen LogP contribution in [-0.2, 0) is 26.5 Å². The average molecular weight is 413 g/mol. The molecule has 0 saturated carbocycles. The lowest BCUT2D eigenvalue weighted by atomic mass is 10.1. The Bertz CT molecular complexity index is 839. The Labute approximate surface area is 162 Å². The Kier molecular flexibility index (Phi) is 7.33. The van der Waals surface area contributed by atoms with Crippen LogP contribution in [0.1, 0.15) is 22.3 Å². The molecule has 9 heteroatoms. The van der Waals surface area contributed by atoms with Gasteiger partial charge in [-0.1, -0.05) is 18.2 Å². The van der Waals surface area contributed by atoms with E-state index in [0.29, 0.717) is 4.90 Å². The maximum absolute atomic E-state index is 12.6. The van der Waals surface area contributed by atoms with Gasteiger partial charge in [-0.25, -0.2) is 4.79 Å². The van der Waals surface area contributed by atoms with E-state index in [2.05, 4.69) is 10.1 Å². The topological polar surface area (TPSA) is 72.5 Å². The molecule has 2 atom stereocenters. The smallest absolute Gasteiger partial charge is 0.416 e. The van der Waals surface area contributed by atoms with Gasteiger partial charge in [0.05, 0.1) is 23.5 Å². The fraction of sp³-hybridized carbons (Fsp3) is 0.263. The summed E-state index contributed by atoms with van der Waals surface area (Å²) >= 11 is 0. The van der Waals surface area contributed by atoms with Crippen molar-refractivity contribution >= 4 is 22.7 Å². The molecule has 0 saturated heterocycles. The number of esters is 1. The predicted octanol–water partition coefficient (Wildman–Crippen LogP) is 3.17. The minimum Gasteiger partial charge on any atom is -0.467 e. The predicted molar refractivity (Wildman–Crippen MR) is 97.0 cm³/mol. The number of alkyl halides is 3. The second kappa shape index (κ2) is 9.50. The summed E-state index contributed by atoms with van der Waals surface area (Å²) < 4.78 is 54.8. The van der Waals surface area contributed by atoms with Gasteiger partial charge in [-0.3, -0.25) is 9.00 Å². The minimum atomic E-state index is -4.51. The molecule has 5 nitrogen and oxygen atoms in total. The van der Waals surface area contributed by atoms with Crippen molar-refractivity contribution in [3.8, 4) is 0 Å². The molecule has 150 valence electrons. The number of rotatable bonds is 7. The molecule has 0 unspecified atom stereocenters. The highest BCUT2D eigenvalue weighted by Crippen LogP contribution is 2.29. The van der Waals surface area contributed by atoms with E-state index in [1.807, 2.05) is 0 Å². The van der Waals surface area contributed by atoms with Crippen molar-refractivity contribution in [2.24, 2.45) is 0 Å². The molecule has 0 heterocycles. The summed E-state index contributed by atoms with van der Waals surface area (Å²) in [5, 5.41) is 2.42. The molecule has 0 aliphatic heterocycles. The third-order valence-electron chi connectivity index (χ3n) is 3.86. The van der Waals surface area contributed by atoms with Gasteiger partial charge in [0, 0.05) is 16.2 Å². The van der Waals surface area contributed by atoms with Crippen LogP contribution >= 0.6 is 0 Å². The number of nitrogens with one attached hydrogen (secondary N) is 1. The van der Waals surface area contributed by atoms with Crippen molar-refractivity contribution in [1.82, 2.24) is 5.32 Å². The van der Waals surface area contributed by atoms with Gasteiger partial charge in [0.1, 0.15) is 6.04 Å². The second-order valence-corrected chi connectivity index (χ2v) is 7.35. The van der Waals surface area contributed by atoms with Gasteiger partial charge < -0.3 is 10.1 Å². The second-order valence-electron chi connectivity index (χ2n) is 5.78. The van der Waals surface area contributed by atoms with E-state index < -0.39 is 40.5 Å². The van der Waals surface area contributed by atoms with Crippen LogP contribution in [0.2, 0.25) is 0 Å². The first-order chi connectivity index (χ1) is 13.2. The third kappa shape index (κ3) is 5.91. The highest BCUT2D eigenvalue weighted by atomic mass is 32.2. The quantitative estimate of drug-likeness (QED) is 0.708. The lowest BCUT2D eigenvalue weighted by molar-refractivity contribution is -0.143. The third-order valence-corrected chi connectivity index (χ3v) is 5.27. The fourth-order valence-corrected chi connectivity index (χ4v) is 3.50. The number of carbonyl (C=O) groups is 2. The molecule has 2 aromatic rings. The SMILES string of the molecule is COC(=O)[C@H](CC[S@@](=O)c1ccccc1)NC(=O)c1ccc(C(F)(F)F)cc1. The molecule has 0 radical (unpaired) electrons. The summed E-state index contributed by atoms with van der Waals surface area (Å²) in [5.74, 6) is -1.36. The molecule has 2 rings (SSSR count). The Hall–Kier alpha value is -2.68. The summed E-state index contributed by atoms with van der Waals surface area (Å²) in [7, 11) is -0.232. The van der Waals surface area contributed by atoms with Crippen molar-refractivity contribution in [2.75, 3.05) is 12.9 Å². The molecule has 0 spiro atoms. The van der Waals surface area contributed by atoms with E-state index in [1.165, 1.54) is 0 Å². The van der Waals surface area contributed by atoms with Crippen LogP contribution in [-0.4, -0.2) is 35.0 Å². The standard InChI is InChI=1S/C19H18F3NO4S/c1-27-18(25)16(11-12-28(26)15-5-3-2-4-6-15)23-17(24)13-7-9-14(10-8-13)19(20,21)22/h2-10,16H,11-12H2,1H3,(H,23,24)/t16-,28+/m0/s1. The number of amides is 1. The van der Waals surface area contributed by atoms with Gasteiger partial charge in [0.15, 0.2) is 0 Å². The maximum atomic E-state index is 12.6. The van der Waals surface area contributed by atoms with E-state index >= 15 is 0 Å². The van der Waals surface area contributed by atoms with Crippen molar-refractivity contribution in [2.45, 2.75) is 23.5 Å². The zero-order valence-electron chi connectivity index (χ0n) is 14.9. The van der Waals surface area contributed by atoms with E-state index in [-0.39, 0.29) is 17.7 Å². The average Bonchev–Trinajstić information content (AvgIpc) is 2.70. The van der Waals surface area contributed by atoms with Crippen LogP contribution < -0.4 is 5.32 Å². The van der Waals surface area contributed by atoms with Gasteiger partial charge in [-0.15, -0.1) is 0 Å². The number of methoxy groups -OCH3 is 1. The molecule has 28 heavy (non-hydrogen) atoms. The van der Waals surface area contributed by atoms with Crippen molar-refractivity contribution in [3.05, 3.63) is 65.7 Å². The number of carbonyl (C=O) groups excluding carboxylic acids is 2. The largest absolute Gasteiger partial charge is 0.467 e. The van der Waals surface area contributed by atoms with Gasteiger partial charge in [-0.05, 0) is 42.8 Å². The van der Waals surface area contributed by atoms with E-state index in [0.717, 1.165) is 31.4 Å². The number of hydrogen-bond acceptors (Lipinski definition) is 4. The molecule has 1 N–H and O–H groups in total. The molecular weight excluding hydrogens is 395 g/mol. The minimum absolute atomic E-state index is 0.0360. The van der Waals surface area contributed by atoms with Crippen LogP contribution in [0.3, 0.4) is 0 Å². The molecule has 0 bridgehead atoms. The van der Waals surface area contributed by atoms with Crippen molar-refractivity contribution < 1.29 is 31.7 Å². The Morgan fingerprint density at radius 3 is 2.21 bits per heavy atom. The lowest BCUT2D eigenvalue weighted by Crippen LogP contribution is -2.42. The monoisotopic (exact) mass is 413 g/mol. The lowest BCUT2D eigenvalue weighted by Gasteiger charge is -2.16. The Morgan fingerprint density at radius 1 is 1.07 bits per heavy atom. The number of hydrogen-bond donors (Lipinski definition) is 1. The van der Waals surface area contributed by atoms with E-state index in [1.54, 1.807) is 30.3 Å². The Morgan fingerprint density at radius 2 is 1.68 bits per heavy atom. The summed E-state index contributed by atoms with van der Waals surface area (Å²) in [6, 6.07) is 11.2. The van der Waals surface area contributed by atoms with Crippen LogP contribution in [0.25, 0.3) is 0 Å². The summed E-state index contributed by atoms with van der Waals surface area (Å²) in [6.45, 7) is 0. The fourth-order valence-electron chi connectivity index (χ4n) is 2.36. The number of benzene rings is 2. The molecule has 0 fully saturated rings. The first-order valence-electron chi connectivity index (χ1n) is 8.21. The van der Waals surface area contributed by atoms with Gasteiger partial charge >= 0.3 is 12.1 Å². The zero-order chi connectivity index (χ0) is 20.7. The molecular formula is C19H18F3NO4S. The maximum Gasteiger partial charge on any atom is 0.416 e. The van der Waals surface area contributed by atoms with E-state index in [4.69, 9.17) is 0 Å². The molecule has 1 amide bonds. The van der Waals surface area contributed by atoms with Crippen LogP contribution in [0.4, 0.5) is 13.2 Å². The first kappa shape index (κ1) is 21.6. The van der Waals surface area contributed by atoms with Gasteiger partial charge in [0.2, 0.25) is 0 Å². The first-order valence-corrected chi connectivity index (χ1v) is 9.53. The van der Waals surface area contributed by atoms with Gasteiger partial charge in [0.25, 0.3) is 5.91 Å². The van der Waals surface area contributed by atoms with Crippen LogP contribution in [0.5, 0.6) is 0 Å². The van der Waals surface area contributed by atoms with Crippen molar-refractivity contribution in [3.63, 3.8) is 0 Å². The normalized spacial score (nSPS) is 13.4. The highest BCUT2D eigenvalue weighted by molar-refractivity contribution is 7.85. The molecule has 0 aromatic heterocycles. The molecule has 2 aromatic carbocycles. The summed E-state index contributed by atoms with van der Waals surface area (Å²) in [6.07, 6.45) is -4.47.